The van der Waals surface area contributed by atoms with Crippen LogP contribution in [0.4, 0.5) is 0 Å². The molecule has 3 saturated carbocycles. The van der Waals surface area contributed by atoms with Gasteiger partial charge in [0, 0.05) is 11.1 Å². The van der Waals surface area contributed by atoms with Gasteiger partial charge < -0.3 is 11.5 Å². The third-order valence-electron chi connectivity index (χ3n) is 10.5. The highest BCUT2D eigenvalue weighted by molar-refractivity contribution is 5.30. The maximum absolute atomic E-state index is 7.36. The summed E-state index contributed by atoms with van der Waals surface area (Å²) in [6, 6.07) is 0. The first-order chi connectivity index (χ1) is 14.2. The number of hydrogen-bond donors (Lipinski definition) is 2. The fraction of sp³-hybridized carbons (Fsp3) is 0.929. The average Bonchev–Trinajstić information content (AvgIpc) is 3.04. The maximum Gasteiger partial charge on any atom is 0.0400 e. The second-order valence-electron chi connectivity index (χ2n) is 12.8. The van der Waals surface area contributed by atoms with Gasteiger partial charge in [-0.15, -0.1) is 0 Å². The van der Waals surface area contributed by atoms with Crippen LogP contribution in [0.15, 0.2) is 11.6 Å². The van der Waals surface area contributed by atoms with Crippen molar-refractivity contribution in [2.75, 3.05) is 0 Å². The standard InChI is InChI=1S/C28H50N2/c1-18(2)7-6-8-20(5)24-11-12-25-23-10-9-22-17-21(19(3)4)13-15-27(22,29)26(23)14-16-28(24,25)30/h9,18-21,23-26H,6-8,10-17,29-30H2,1-5H3. The Hall–Kier alpha value is -0.340. The second-order valence-corrected chi connectivity index (χ2v) is 12.8. The molecule has 4 aliphatic rings. The summed E-state index contributed by atoms with van der Waals surface area (Å²) in [4.78, 5) is 0. The van der Waals surface area contributed by atoms with Gasteiger partial charge in [0.15, 0.2) is 0 Å². The van der Waals surface area contributed by atoms with Crippen molar-refractivity contribution in [2.24, 2.45) is 58.8 Å². The molecule has 3 fully saturated rings. The van der Waals surface area contributed by atoms with Gasteiger partial charge in [-0.3, -0.25) is 0 Å². The smallest absolute Gasteiger partial charge is 0.0400 e. The summed E-state index contributed by atoms with van der Waals surface area (Å²) in [5, 5.41) is 0. The lowest BCUT2D eigenvalue weighted by atomic mass is 9.50. The van der Waals surface area contributed by atoms with Crippen molar-refractivity contribution < 1.29 is 0 Å². The van der Waals surface area contributed by atoms with Crippen molar-refractivity contribution in [2.45, 2.75) is 116 Å². The summed E-state index contributed by atoms with van der Waals surface area (Å²) in [6.45, 7) is 12.0. The van der Waals surface area contributed by atoms with Crippen LogP contribution in [-0.4, -0.2) is 11.1 Å². The van der Waals surface area contributed by atoms with Gasteiger partial charge in [-0.25, -0.2) is 0 Å². The molecule has 8 unspecified atom stereocenters. The fourth-order valence-corrected chi connectivity index (χ4v) is 8.59. The summed E-state index contributed by atoms with van der Waals surface area (Å²) < 4.78 is 0. The second kappa shape index (κ2) is 8.54. The Morgan fingerprint density at radius 1 is 0.933 bits per heavy atom. The first kappa shape index (κ1) is 22.8. The number of fused-ring (bicyclic) bond motifs is 5. The molecule has 0 aliphatic heterocycles. The zero-order chi connectivity index (χ0) is 21.7. The third-order valence-corrected chi connectivity index (χ3v) is 10.5. The molecule has 0 saturated heterocycles. The molecule has 0 aromatic rings. The van der Waals surface area contributed by atoms with Gasteiger partial charge in [-0.05, 0) is 98.7 Å². The summed E-state index contributed by atoms with van der Waals surface area (Å²) >= 11 is 0. The van der Waals surface area contributed by atoms with E-state index in [9.17, 15) is 0 Å². The topological polar surface area (TPSA) is 52.0 Å². The van der Waals surface area contributed by atoms with Crippen LogP contribution in [0.1, 0.15) is 105 Å². The minimum Gasteiger partial charge on any atom is -0.325 e. The molecule has 0 aromatic heterocycles. The first-order valence-electron chi connectivity index (χ1n) is 13.4. The van der Waals surface area contributed by atoms with E-state index in [-0.39, 0.29) is 11.1 Å². The molecule has 2 nitrogen and oxygen atoms in total. The van der Waals surface area contributed by atoms with E-state index in [0.717, 1.165) is 35.5 Å². The quantitative estimate of drug-likeness (QED) is 0.476. The van der Waals surface area contributed by atoms with Crippen LogP contribution in [0, 0.1) is 47.3 Å². The predicted molar refractivity (Wildman–Crippen MR) is 129 cm³/mol. The molecule has 4 rings (SSSR count). The number of hydrogen-bond acceptors (Lipinski definition) is 2. The summed E-state index contributed by atoms with van der Waals surface area (Å²) in [6.07, 6.45) is 16.9. The van der Waals surface area contributed by atoms with Gasteiger partial charge in [-0.1, -0.05) is 65.5 Å². The van der Waals surface area contributed by atoms with E-state index in [1.807, 2.05) is 0 Å². The van der Waals surface area contributed by atoms with E-state index in [1.54, 1.807) is 5.57 Å². The zero-order valence-corrected chi connectivity index (χ0v) is 20.6. The van der Waals surface area contributed by atoms with E-state index in [0.29, 0.717) is 11.8 Å². The maximum atomic E-state index is 7.36. The molecule has 0 radical (unpaired) electrons. The first-order valence-corrected chi connectivity index (χ1v) is 13.4. The van der Waals surface area contributed by atoms with Gasteiger partial charge in [0.05, 0.1) is 0 Å². The minimum atomic E-state index is -0.0173. The highest BCUT2D eigenvalue weighted by Crippen LogP contribution is 2.61. The Kier molecular flexibility index (Phi) is 6.50. The molecule has 0 aromatic carbocycles. The molecule has 2 heteroatoms. The van der Waals surface area contributed by atoms with E-state index < -0.39 is 0 Å². The molecule has 172 valence electrons. The van der Waals surface area contributed by atoms with Crippen LogP contribution in [0.3, 0.4) is 0 Å². The monoisotopic (exact) mass is 414 g/mol. The largest absolute Gasteiger partial charge is 0.325 e. The third kappa shape index (κ3) is 3.83. The molecule has 8 atom stereocenters. The van der Waals surface area contributed by atoms with Gasteiger partial charge in [0.2, 0.25) is 0 Å². The Morgan fingerprint density at radius 3 is 2.40 bits per heavy atom. The molecular weight excluding hydrogens is 364 g/mol. The highest BCUT2D eigenvalue weighted by Gasteiger charge is 2.59. The molecule has 4 aliphatic carbocycles. The van der Waals surface area contributed by atoms with Crippen LogP contribution in [0.2, 0.25) is 0 Å². The van der Waals surface area contributed by atoms with Crippen molar-refractivity contribution in [3.63, 3.8) is 0 Å². The van der Waals surface area contributed by atoms with E-state index >= 15 is 0 Å². The Morgan fingerprint density at radius 2 is 1.70 bits per heavy atom. The number of rotatable bonds is 6. The number of nitrogens with two attached hydrogens (primary N) is 2. The lowest BCUT2D eigenvalue weighted by Gasteiger charge is -2.58. The molecule has 30 heavy (non-hydrogen) atoms. The molecule has 4 N–H and O–H groups in total. The summed E-state index contributed by atoms with van der Waals surface area (Å²) in [5.41, 5.74) is 16.3. The molecule has 0 spiro atoms. The molecule has 0 heterocycles. The van der Waals surface area contributed by atoms with Gasteiger partial charge in [0.1, 0.15) is 0 Å². The average molecular weight is 415 g/mol. The van der Waals surface area contributed by atoms with Crippen molar-refractivity contribution in [1.29, 1.82) is 0 Å². The van der Waals surface area contributed by atoms with Crippen LogP contribution in [0.25, 0.3) is 0 Å². The van der Waals surface area contributed by atoms with Gasteiger partial charge in [-0.2, -0.15) is 0 Å². The van der Waals surface area contributed by atoms with E-state index in [1.165, 1.54) is 70.6 Å². The zero-order valence-electron chi connectivity index (χ0n) is 20.6. The van der Waals surface area contributed by atoms with Crippen molar-refractivity contribution in [1.82, 2.24) is 0 Å². The number of allylic oxidation sites excluding steroid dienone is 1. The van der Waals surface area contributed by atoms with Gasteiger partial charge in [0.25, 0.3) is 0 Å². The van der Waals surface area contributed by atoms with E-state index in [2.05, 4.69) is 40.7 Å². The fourth-order valence-electron chi connectivity index (χ4n) is 8.59. The lowest BCUT2D eigenvalue weighted by molar-refractivity contribution is 0.00590. The van der Waals surface area contributed by atoms with Crippen molar-refractivity contribution in [3.05, 3.63) is 11.6 Å². The Bertz CT molecular complexity index is 637. The van der Waals surface area contributed by atoms with Gasteiger partial charge >= 0.3 is 0 Å². The van der Waals surface area contributed by atoms with Crippen molar-refractivity contribution >= 4 is 0 Å². The summed E-state index contributed by atoms with van der Waals surface area (Å²) in [5.74, 6) is 6.07. The Balaban J connectivity index is 1.48. The molecule has 0 bridgehead atoms. The van der Waals surface area contributed by atoms with E-state index in [4.69, 9.17) is 11.5 Å². The van der Waals surface area contributed by atoms with Crippen LogP contribution in [0.5, 0.6) is 0 Å². The normalized spacial score (nSPS) is 44.4. The lowest BCUT2D eigenvalue weighted by Crippen LogP contribution is -2.64. The van der Waals surface area contributed by atoms with Crippen LogP contribution >= 0.6 is 0 Å². The summed E-state index contributed by atoms with van der Waals surface area (Å²) in [7, 11) is 0. The van der Waals surface area contributed by atoms with Crippen LogP contribution < -0.4 is 11.5 Å². The molecular formula is C28H50N2. The Labute approximate surface area is 187 Å². The highest BCUT2D eigenvalue weighted by atomic mass is 14.9. The molecule has 0 amide bonds. The van der Waals surface area contributed by atoms with Crippen molar-refractivity contribution in [3.8, 4) is 0 Å². The SMILES string of the molecule is CC(C)CCCC(C)C1CCC2C3CC=C4CC(C(C)C)CCC4(N)C3CCC12N. The van der Waals surface area contributed by atoms with Crippen LogP contribution in [-0.2, 0) is 0 Å². The predicted octanol–water partition coefficient (Wildman–Crippen LogP) is 6.68. The minimum absolute atomic E-state index is 0.0173.